The van der Waals surface area contributed by atoms with E-state index in [1.165, 1.54) is 22.0 Å². The molecular weight excluding hydrogens is 278 g/mol. The van der Waals surface area contributed by atoms with Gasteiger partial charge in [-0.05, 0) is 48.8 Å². The summed E-state index contributed by atoms with van der Waals surface area (Å²) in [7, 11) is 0. The number of nitrogens with zero attached hydrogens (tertiary/aromatic N) is 2. The van der Waals surface area contributed by atoms with Gasteiger partial charge in [0.15, 0.2) is 16.6 Å². The Hall–Kier alpha value is -1.27. The molecule has 0 aromatic carbocycles. The molecule has 19 heavy (non-hydrogen) atoms. The Morgan fingerprint density at radius 3 is 3.11 bits per heavy atom. The lowest BCUT2D eigenvalue weighted by Gasteiger charge is -2.28. The van der Waals surface area contributed by atoms with Crippen LogP contribution in [0.2, 0.25) is 0 Å². The van der Waals surface area contributed by atoms with Gasteiger partial charge in [0.2, 0.25) is 0 Å². The van der Waals surface area contributed by atoms with Crippen LogP contribution in [0.15, 0.2) is 11.4 Å². The summed E-state index contributed by atoms with van der Waals surface area (Å²) in [6.45, 7) is 5.95. The van der Waals surface area contributed by atoms with Crippen molar-refractivity contribution in [3.8, 4) is 5.75 Å². The second-order valence-corrected chi connectivity index (χ2v) is 6.66. The van der Waals surface area contributed by atoms with E-state index in [-0.39, 0.29) is 6.10 Å². The van der Waals surface area contributed by atoms with E-state index >= 15 is 0 Å². The number of fused-ring (bicyclic) bond motifs is 1. The topological polar surface area (TPSA) is 51.4 Å². The first-order valence-corrected chi connectivity index (χ1v) is 8.02. The Morgan fingerprint density at radius 2 is 2.32 bits per heavy atom. The van der Waals surface area contributed by atoms with Crippen LogP contribution in [0.25, 0.3) is 0 Å². The van der Waals surface area contributed by atoms with E-state index in [0.717, 1.165) is 30.3 Å². The Labute approximate surface area is 121 Å². The average Bonchev–Trinajstić information content (AvgIpc) is 2.96. The number of hydrogen-bond acceptors (Lipinski definition) is 6. The molecule has 0 saturated carbocycles. The van der Waals surface area contributed by atoms with E-state index in [2.05, 4.69) is 20.7 Å². The smallest absolute Gasteiger partial charge is 0.198 e. The van der Waals surface area contributed by atoms with E-state index in [9.17, 15) is 0 Å². The van der Waals surface area contributed by atoms with Crippen molar-refractivity contribution in [1.82, 2.24) is 4.37 Å². The second-order valence-electron chi connectivity index (χ2n) is 4.91. The molecule has 2 aromatic heterocycles. The zero-order valence-electron chi connectivity index (χ0n) is 11.0. The van der Waals surface area contributed by atoms with Crippen LogP contribution < -0.4 is 15.4 Å². The number of rotatable bonds is 3. The maximum atomic E-state index is 5.92. The van der Waals surface area contributed by atoms with Gasteiger partial charge >= 0.3 is 0 Å². The van der Waals surface area contributed by atoms with Crippen LogP contribution in [0.4, 0.5) is 10.8 Å². The largest absolute Gasteiger partial charge is 0.484 e. The Morgan fingerprint density at radius 1 is 1.47 bits per heavy atom. The molecule has 0 saturated heterocycles. The molecule has 0 amide bonds. The Kier molecular flexibility index (Phi) is 3.36. The van der Waals surface area contributed by atoms with Gasteiger partial charge in [-0.2, -0.15) is 4.37 Å². The van der Waals surface area contributed by atoms with E-state index in [1.54, 1.807) is 0 Å². The van der Waals surface area contributed by atoms with Gasteiger partial charge in [-0.3, -0.25) is 0 Å². The van der Waals surface area contributed by atoms with Crippen molar-refractivity contribution >= 4 is 33.7 Å². The zero-order valence-corrected chi connectivity index (χ0v) is 12.7. The summed E-state index contributed by atoms with van der Waals surface area (Å²) in [4.78, 5) is 3.82. The molecule has 1 aliphatic heterocycles. The van der Waals surface area contributed by atoms with Crippen LogP contribution in [0.1, 0.15) is 24.3 Å². The average molecular weight is 295 g/mol. The number of ether oxygens (including phenoxy) is 1. The van der Waals surface area contributed by atoms with Gasteiger partial charge in [-0.15, -0.1) is 11.3 Å². The van der Waals surface area contributed by atoms with Crippen molar-refractivity contribution in [3.63, 3.8) is 0 Å². The summed E-state index contributed by atoms with van der Waals surface area (Å²) in [5, 5.41) is 3.23. The lowest BCUT2D eigenvalue weighted by Crippen LogP contribution is -2.29. The normalized spacial score (nSPS) is 14.8. The summed E-state index contributed by atoms with van der Waals surface area (Å²) in [5.74, 6) is 1.25. The van der Waals surface area contributed by atoms with Crippen LogP contribution in [-0.4, -0.2) is 17.0 Å². The van der Waals surface area contributed by atoms with Gasteiger partial charge in [0.1, 0.15) is 0 Å². The molecular formula is C13H17N3OS2. The SMILES string of the molecule is CC(C)Oc1c(N)nsc1N1CCc2sccc2C1. The second kappa shape index (κ2) is 5.02. The molecule has 0 unspecified atom stereocenters. The minimum atomic E-state index is 0.110. The number of hydrogen-bond donors (Lipinski definition) is 1. The molecule has 102 valence electrons. The predicted molar refractivity (Wildman–Crippen MR) is 81.4 cm³/mol. The highest BCUT2D eigenvalue weighted by Crippen LogP contribution is 2.41. The monoisotopic (exact) mass is 295 g/mol. The van der Waals surface area contributed by atoms with Gasteiger partial charge in [-0.25, -0.2) is 0 Å². The lowest BCUT2D eigenvalue weighted by atomic mass is 10.1. The van der Waals surface area contributed by atoms with Gasteiger partial charge in [-0.1, -0.05) is 0 Å². The number of aromatic nitrogens is 1. The van der Waals surface area contributed by atoms with Crippen LogP contribution in [0.3, 0.4) is 0 Å². The highest BCUT2D eigenvalue weighted by atomic mass is 32.1. The Bertz CT molecular complexity index is 576. The molecule has 3 heterocycles. The number of thiophene rings is 1. The summed E-state index contributed by atoms with van der Waals surface area (Å²) in [5.41, 5.74) is 7.34. The third-order valence-electron chi connectivity index (χ3n) is 3.11. The van der Waals surface area contributed by atoms with Crippen LogP contribution >= 0.6 is 22.9 Å². The minimum absolute atomic E-state index is 0.110. The summed E-state index contributed by atoms with van der Waals surface area (Å²) in [6, 6.07) is 2.21. The maximum absolute atomic E-state index is 5.92. The fourth-order valence-corrected chi connectivity index (χ4v) is 3.92. The molecule has 6 heteroatoms. The molecule has 0 atom stereocenters. The maximum Gasteiger partial charge on any atom is 0.198 e. The highest BCUT2D eigenvalue weighted by molar-refractivity contribution is 7.11. The van der Waals surface area contributed by atoms with Crippen molar-refractivity contribution in [3.05, 3.63) is 21.9 Å². The van der Waals surface area contributed by atoms with Gasteiger partial charge < -0.3 is 15.4 Å². The quantitative estimate of drug-likeness (QED) is 0.945. The van der Waals surface area contributed by atoms with Crippen molar-refractivity contribution in [2.45, 2.75) is 32.9 Å². The highest BCUT2D eigenvalue weighted by Gasteiger charge is 2.24. The van der Waals surface area contributed by atoms with Gasteiger partial charge in [0.05, 0.1) is 6.10 Å². The van der Waals surface area contributed by atoms with Gasteiger partial charge in [0.25, 0.3) is 0 Å². The minimum Gasteiger partial charge on any atom is -0.484 e. The molecule has 0 aliphatic carbocycles. The van der Waals surface area contributed by atoms with Crippen molar-refractivity contribution < 1.29 is 4.74 Å². The number of nitrogens with two attached hydrogens (primary N) is 1. The summed E-state index contributed by atoms with van der Waals surface area (Å²) >= 11 is 3.28. The van der Waals surface area contributed by atoms with E-state index in [4.69, 9.17) is 10.5 Å². The predicted octanol–water partition coefficient (Wildman–Crippen LogP) is 3.14. The first-order valence-electron chi connectivity index (χ1n) is 6.37. The molecule has 1 aliphatic rings. The Balaban J connectivity index is 1.87. The summed E-state index contributed by atoms with van der Waals surface area (Å²) < 4.78 is 10.1. The molecule has 0 bridgehead atoms. The first-order chi connectivity index (χ1) is 9.15. The van der Waals surface area contributed by atoms with Crippen molar-refractivity contribution in [2.24, 2.45) is 0 Å². The molecule has 3 rings (SSSR count). The van der Waals surface area contributed by atoms with E-state index in [1.807, 2.05) is 25.2 Å². The molecule has 0 fully saturated rings. The van der Waals surface area contributed by atoms with Crippen molar-refractivity contribution in [2.75, 3.05) is 17.2 Å². The number of anilines is 2. The fraction of sp³-hybridized carbons (Fsp3) is 0.462. The van der Waals surface area contributed by atoms with E-state index < -0.39 is 0 Å². The van der Waals surface area contributed by atoms with Crippen molar-refractivity contribution in [1.29, 1.82) is 0 Å². The molecule has 2 N–H and O–H groups in total. The van der Waals surface area contributed by atoms with Crippen LogP contribution in [0, 0.1) is 0 Å². The molecule has 4 nitrogen and oxygen atoms in total. The van der Waals surface area contributed by atoms with Crippen LogP contribution in [0.5, 0.6) is 5.75 Å². The summed E-state index contributed by atoms with van der Waals surface area (Å²) in [6.07, 6.45) is 1.20. The standard InChI is InChI=1S/C13H17N3OS2/c1-8(2)17-11-12(14)15-19-13(11)16-5-3-10-9(7-16)4-6-18-10/h4,6,8H,3,5,7H2,1-2H3,(H2,14,15). The lowest BCUT2D eigenvalue weighted by molar-refractivity contribution is 0.244. The third kappa shape index (κ3) is 2.42. The van der Waals surface area contributed by atoms with Gasteiger partial charge in [0, 0.05) is 18.0 Å². The number of nitrogen functional groups attached to an aromatic ring is 1. The fourth-order valence-electron chi connectivity index (χ4n) is 2.25. The molecule has 0 spiro atoms. The van der Waals surface area contributed by atoms with Crippen LogP contribution in [-0.2, 0) is 13.0 Å². The first kappa shape index (κ1) is 12.7. The molecule has 2 aromatic rings. The van der Waals surface area contributed by atoms with E-state index in [0.29, 0.717) is 5.82 Å². The molecule has 0 radical (unpaired) electrons. The third-order valence-corrected chi connectivity index (χ3v) is 5.03. The zero-order chi connectivity index (χ0) is 13.4.